The van der Waals surface area contributed by atoms with Gasteiger partial charge in [0.25, 0.3) is 10.0 Å². The van der Waals surface area contributed by atoms with Crippen LogP contribution in [0.4, 0.5) is 0 Å². The smallest absolute Gasteiger partial charge is 0.227 e. The molecular weight excluding hydrogens is 340 g/mol. The van der Waals surface area contributed by atoms with Crippen molar-refractivity contribution in [3.63, 3.8) is 0 Å². The van der Waals surface area contributed by atoms with Crippen molar-refractivity contribution in [3.05, 3.63) is 17.0 Å². The Kier molecular flexibility index (Phi) is 4.46. The summed E-state index contributed by atoms with van der Waals surface area (Å²) in [6.07, 6.45) is 1.04. The van der Waals surface area contributed by atoms with E-state index in [1.54, 1.807) is 0 Å². The van der Waals surface area contributed by atoms with Gasteiger partial charge in [0.2, 0.25) is 0 Å². The summed E-state index contributed by atoms with van der Waals surface area (Å²) in [6.45, 7) is 0.157. The standard InChI is InChI=1S/C10H12N2O4S4/c1-19(13,14)9-7-17-5-4-12(9)20(15,16)10-3-2-8(6-11)18-10/h2-3,9H,4-5,7H2,1H3. The summed E-state index contributed by atoms with van der Waals surface area (Å²) in [5, 5.41) is 7.72. The van der Waals surface area contributed by atoms with Crippen molar-refractivity contribution in [1.82, 2.24) is 4.31 Å². The van der Waals surface area contributed by atoms with Crippen LogP contribution in [-0.4, -0.2) is 50.8 Å². The van der Waals surface area contributed by atoms with Crippen molar-refractivity contribution in [2.45, 2.75) is 9.58 Å². The summed E-state index contributed by atoms with van der Waals surface area (Å²) < 4.78 is 49.6. The zero-order valence-corrected chi connectivity index (χ0v) is 13.8. The number of nitriles is 1. The van der Waals surface area contributed by atoms with Gasteiger partial charge in [-0.05, 0) is 12.1 Å². The third-order valence-electron chi connectivity index (χ3n) is 2.79. The molecule has 1 aliphatic heterocycles. The van der Waals surface area contributed by atoms with Crippen molar-refractivity contribution < 1.29 is 16.8 Å². The van der Waals surface area contributed by atoms with Gasteiger partial charge >= 0.3 is 0 Å². The number of nitrogens with zero attached hydrogens (tertiary/aromatic N) is 2. The number of sulfone groups is 1. The Morgan fingerprint density at radius 3 is 2.60 bits per heavy atom. The van der Waals surface area contributed by atoms with Gasteiger partial charge in [0.15, 0.2) is 9.84 Å². The van der Waals surface area contributed by atoms with E-state index in [9.17, 15) is 16.8 Å². The Hall–Kier alpha value is -0.600. The van der Waals surface area contributed by atoms with Crippen LogP contribution in [0, 0.1) is 11.3 Å². The van der Waals surface area contributed by atoms with E-state index in [0.717, 1.165) is 21.9 Å². The first-order valence-electron chi connectivity index (χ1n) is 5.55. The molecule has 2 rings (SSSR count). The third kappa shape index (κ3) is 3.01. The molecule has 1 saturated heterocycles. The number of sulfonamides is 1. The van der Waals surface area contributed by atoms with Gasteiger partial charge in [-0.15, -0.1) is 11.3 Å². The lowest BCUT2D eigenvalue weighted by atomic mass is 10.5. The minimum Gasteiger partial charge on any atom is -0.227 e. The number of hydrogen-bond donors (Lipinski definition) is 0. The summed E-state index contributed by atoms with van der Waals surface area (Å²) in [4.78, 5) is 0.283. The molecule has 10 heteroatoms. The minimum atomic E-state index is -3.88. The average Bonchev–Trinajstić information content (AvgIpc) is 2.87. The summed E-state index contributed by atoms with van der Waals surface area (Å²) >= 11 is 2.27. The average molecular weight is 352 g/mol. The van der Waals surface area contributed by atoms with Crippen LogP contribution < -0.4 is 0 Å². The normalized spacial score (nSPS) is 21.5. The summed E-state index contributed by atoms with van der Waals surface area (Å²) in [7, 11) is -7.37. The van der Waals surface area contributed by atoms with Crippen LogP contribution in [0.3, 0.4) is 0 Å². The number of hydrogen-bond acceptors (Lipinski definition) is 7. The number of thioether (sulfide) groups is 1. The molecule has 0 bridgehead atoms. The topological polar surface area (TPSA) is 95.3 Å². The summed E-state index contributed by atoms with van der Waals surface area (Å²) in [5.41, 5.74) is 0. The van der Waals surface area contributed by atoms with Crippen molar-refractivity contribution >= 4 is 43.0 Å². The van der Waals surface area contributed by atoms with Crippen LogP contribution in [0.15, 0.2) is 16.3 Å². The van der Waals surface area contributed by atoms with Gasteiger partial charge in [-0.1, -0.05) is 0 Å². The largest absolute Gasteiger partial charge is 0.253 e. The zero-order chi connectivity index (χ0) is 15.0. The maximum Gasteiger partial charge on any atom is 0.253 e. The number of rotatable bonds is 3. The highest BCUT2D eigenvalue weighted by Gasteiger charge is 2.39. The molecular formula is C10H12N2O4S4. The molecule has 0 aliphatic carbocycles. The Morgan fingerprint density at radius 1 is 1.35 bits per heavy atom. The monoisotopic (exact) mass is 352 g/mol. The molecule has 1 unspecified atom stereocenters. The van der Waals surface area contributed by atoms with E-state index >= 15 is 0 Å². The van der Waals surface area contributed by atoms with E-state index in [1.165, 1.54) is 23.9 Å². The Bertz CT molecular complexity index is 744. The van der Waals surface area contributed by atoms with E-state index in [-0.39, 0.29) is 21.4 Å². The second-order valence-corrected chi connectivity index (χ2v) is 10.8. The molecule has 1 aliphatic rings. The number of thiophene rings is 1. The fourth-order valence-corrected chi connectivity index (χ4v) is 8.21. The molecule has 1 aromatic rings. The quantitative estimate of drug-likeness (QED) is 0.796. The summed E-state index contributed by atoms with van der Waals surface area (Å²) in [6, 6.07) is 4.65. The molecule has 1 atom stereocenters. The lowest BCUT2D eigenvalue weighted by Gasteiger charge is -2.32. The van der Waals surface area contributed by atoms with Gasteiger partial charge in [0, 0.05) is 24.3 Å². The second kappa shape index (κ2) is 5.65. The Morgan fingerprint density at radius 2 is 2.05 bits per heavy atom. The molecule has 2 heterocycles. The molecule has 110 valence electrons. The van der Waals surface area contributed by atoms with Gasteiger partial charge in [-0.25, -0.2) is 16.8 Å². The van der Waals surface area contributed by atoms with E-state index in [2.05, 4.69) is 0 Å². The van der Waals surface area contributed by atoms with Crippen LogP contribution in [-0.2, 0) is 19.9 Å². The van der Waals surface area contributed by atoms with Gasteiger partial charge < -0.3 is 0 Å². The van der Waals surface area contributed by atoms with Crippen molar-refractivity contribution in [3.8, 4) is 6.07 Å². The van der Waals surface area contributed by atoms with E-state index in [1.807, 2.05) is 6.07 Å². The van der Waals surface area contributed by atoms with Gasteiger partial charge in [-0.3, -0.25) is 0 Å². The van der Waals surface area contributed by atoms with Gasteiger partial charge in [-0.2, -0.15) is 21.3 Å². The second-order valence-electron chi connectivity index (χ2n) is 4.21. The lowest BCUT2D eigenvalue weighted by molar-refractivity contribution is 0.406. The molecule has 6 nitrogen and oxygen atoms in total. The minimum absolute atomic E-state index is 0.00889. The predicted molar refractivity (Wildman–Crippen MR) is 78.9 cm³/mol. The molecule has 0 spiro atoms. The highest BCUT2D eigenvalue weighted by molar-refractivity contribution is 8.01. The Labute approximate surface area is 126 Å². The predicted octanol–water partition coefficient (Wildman–Crippen LogP) is 0.728. The lowest BCUT2D eigenvalue weighted by Crippen LogP contribution is -2.49. The first-order valence-corrected chi connectivity index (χ1v) is 10.9. The summed E-state index contributed by atoms with van der Waals surface area (Å²) in [5.74, 6) is 0.788. The van der Waals surface area contributed by atoms with E-state index < -0.39 is 25.2 Å². The maximum absolute atomic E-state index is 12.5. The molecule has 0 radical (unpaired) electrons. The van der Waals surface area contributed by atoms with Crippen LogP contribution in [0.1, 0.15) is 4.88 Å². The SMILES string of the molecule is CS(=O)(=O)C1CSCCN1S(=O)(=O)c1ccc(C#N)s1. The third-order valence-corrected chi connectivity index (χ3v) is 8.93. The van der Waals surface area contributed by atoms with Gasteiger partial charge in [0.05, 0.1) is 0 Å². The highest BCUT2D eigenvalue weighted by atomic mass is 32.2. The highest BCUT2D eigenvalue weighted by Crippen LogP contribution is 2.30. The molecule has 1 fully saturated rings. The van der Waals surface area contributed by atoms with Crippen molar-refractivity contribution in [1.29, 1.82) is 5.26 Å². The van der Waals surface area contributed by atoms with E-state index in [4.69, 9.17) is 5.26 Å². The first kappa shape index (κ1) is 15.8. The Balaban J connectivity index is 2.44. The van der Waals surface area contributed by atoms with E-state index in [0.29, 0.717) is 5.75 Å². The van der Waals surface area contributed by atoms with Crippen LogP contribution in [0.2, 0.25) is 0 Å². The van der Waals surface area contributed by atoms with Crippen LogP contribution in [0.25, 0.3) is 0 Å². The first-order chi connectivity index (χ1) is 9.26. The zero-order valence-electron chi connectivity index (χ0n) is 10.5. The molecule has 0 aromatic carbocycles. The molecule has 0 saturated carbocycles. The van der Waals surface area contributed by atoms with Crippen molar-refractivity contribution in [2.24, 2.45) is 0 Å². The maximum atomic E-state index is 12.5. The molecule has 20 heavy (non-hydrogen) atoms. The fraction of sp³-hybridized carbons (Fsp3) is 0.500. The van der Waals surface area contributed by atoms with Crippen LogP contribution in [0.5, 0.6) is 0 Å². The van der Waals surface area contributed by atoms with Crippen molar-refractivity contribution in [2.75, 3.05) is 24.3 Å². The van der Waals surface area contributed by atoms with Gasteiger partial charge in [0.1, 0.15) is 20.5 Å². The molecule has 0 N–H and O–H groups in total. The molecule has 0 amide bonds. The van der Waals surface area contributed by atoms with Crippen LogP contribution >= 0.6 is 23.1 Å². The fourth-order valence-electron chi connectivity index (χ4n) is 1.81. The molecule has 1 aromatic heterocycles.